The molecular formula is C11H24N4O2. The zero-order valence-electron chi connectivity index (χ0n) is 10.4. The van der Waals surface area contributed by atoms with Gasteiger partial charge >= 0.3 is 0 Å². The Hall–Kier alpha value is -0.240. The Morgan fingerprint density at radius 2 is 1.76 bits per heavy atom. The highest BCUT2D eigenvalue weighted by Crippen LogP contribution is 2.16. The van der Waals surface area contributed by atoms with Crippen molar-refractivity contribution in [3.8, 4) is 0 Å². The molecule has 100 valence electrons. The lowest BCUT2D eigenvalue weighted by molar-refractivity contribution is -0.0180. The van der Waals surface area contributed by atoms with E-state index in [1.165, 1.54) is 0 Å². The molecular weight excluding hydrogens is 220 g/mol. The first-order chi connectivity index (χ1) is 8.02. The average molecular weight is 244 g/mol. The molecule has 0 aliphatic carbocycles. The van der Waals surface area contributed by atoms with Crippen molar-refractivity contribution in [1.29, 1.82) is 0 Å². The molecule has 0 saturated carbocycles. The summed E-state index contributed by atoms with van der Waals surface area (Å²) in [6.07, 6.45) is 0.968. The number of nitrogens with zero attached hydrogens (tertiary/aromatic N) is 2. The van der Waals surface area contributed by atoms with Gasteiger partial charge in [-0.05, 0) is 18.8 Å². The molecule has 0 aromatic heterocycles. The van der Waals surface area contributed by atoms with Gasteiger partial charge in [0.1, 0.15) is 0 Å². The lowest BCUT2D eigenvalue weighted by Gasteiger charge is -2.40. The molecule has 0 aromatic carbocycles. The number of piperidine rings is 2. The quantitative estimate of drug-likeness (QED) is 0.443. The number of nitrogens with one attached hydrogen (secondary N) is 1. The molecule has 2 rings (SSSR count). The van der Waals surface area contributed by atoms with Gasteiger partial charge in [-0.1, -0.05) is 6.92 Å². The van der Waals surface area contributed by atoms with E-state index in [0.29, 0.717) is 25.4 Å². The molecule has 0 aromatic rings. The molecule has 2 heterocycles. The Morgan fingerprint density at radius 1 is 1.06 bits per heavy atom. The summed E-state index contributed by atoms with van der Waals surface area (Å²) in [6.45, 7) is 5.01. The molecule has 2 aliphatic rings. The number of nitrogens with two attached hydrogens (primary N) is 1. The van der Waals surface area contributed by atoms with Gasteiger partial charge in [-0.15, -0.1) is 0 Å². The lowest BCUT2D eigenvalue weighted by Crippen LogP contribution is -2.60. The minimum Gasteiger partial charge on any atom is -0.392 e. The highest BCUT2D eigenvalue weighted by atomic mass is 16.3. The van der Waals surface area contributed by atoms with Gasteiger partial charge in [-0.25, -0.2) is 10.0 Å². The number of hydrazine groups is 2. The fourth-order valence-electron chi connectivity index (χ4n) is 2.88. The van der Waals surface area contributed by atoms with Crippen LogP contribution in [0.5, 0.6) is 0 Å². The van der Waals surface area contributed by atoms with E-state index in [9.17, 15) is 10.2 Å². The maximum atomic E-state index is 9.72. The maximum Gasteiger partial charge on any atom is 0.0696 e. The molecule has 4 atom stereocenters. The Kier molecular flexibility index (Phi) is 4.35. The van der Waals surface area contributed by atoms with Crippen molar-refractivity contribution in [2.45, 2.75) is 38.0 Å². The summed E-state index contributed by atoms with van der Waals surface area (Å²) in [7, 11) is 0. The minimum absolute atomic E-state index is 0.168. The van der Waals surface area contributed by atoms with E-state index in [-0.39, 0.29) is 18.2 Å². The van der Waals surface area contributed by atoms with Gasteiger partial charge in [0.05, 0.1) is 12.2 Å². The number of aliphatic hydroxyl groups is 2. The average Bonchev–Trinajstić information content (AvgIpc) is 2.13. The first kappa shape index (κ1) is 13.2. The van der Waals surface area contributed by atoms with Gasteiger partial charge in [0, 0.05) is 32.2 Å². The summed E-state index contributed by atoms with van der Waals surface area (Å²) in [6, 6.07) is 0.168. The molecule has 0 bridgehead atoms. The van der Waals surface area contributed by atoms with Crippen LogP contribution < -0.4 is 11.3 Å². The van der Waals surface area contributed by atoms with Crippen LogP contribution in [-0.4, -0.2) is 64.7 Å². The van der Waals surface area contributed by atoms with E-state index in [0.717, 1.165) is 19.5 Å². The fourth-order valence-corrected chi connectivity index (χ4v) is 2.88. The lowest BCUT2D eigenvalue weighted by atomic mass is 9.99. The van der Waals surface area contributed by atoms with Crippen LogP contribution in [0.4, 0.5) is 0 Å². The van der Waals surface area contributed by atoms with Crippen LogP contribution in [0.1, 0.15) is 19.8 Å². The predicted molar refractivity (Wildman–Crippen MR) is 64.7 cm³/mol. The van der Waals surface area contributed by atoms with E-state index in [2.05, 4.69) is 17.4 Å². The summed E-state index contributed by atoms with van der Waals surface area (Å²) in [5.74, 6) is 6.23. The van der Waals surface area contributed by atoms with E-state index in [1.54, 1.807) is 5.01 Å². The third-order valence-electron chi connectivity index (χ3n) is 3.46. The van der Waals surface area contributed by atoms with Crippen LogP contribution in [0.2, 0.25) is 0 Å². The van der Waals surface area contributed by atoms with Crippen LogP contribution in [0.25, 0.3) is 0 Å². The smallest absolute Gasteiger partial charge is 0.0696 e. The van der Waals surface area contributed by atoms with Gasteiger partial charge < -0.3 is 10.2 Å². The maximum absolute atomic E-state index is 9.72. The Balaban J connectivity index is 1.83. The van der Waals surface area contributed by atoms with Crippen molar-refractivity contribution in [3.05, 3.63) is 0 Å². The summed E-state index contributed by atoms with van der Waals surface area (Å²) < 4.78 is 0. The number of hydrogen-bond acceptors (Lipinski definition) is 6. The molecule has 2 aliphatic heterocycles. The van der Waals surface area contributed by atoms with Gasteiger partial charge in [0.25, 0.3) is 0 Å². The highest BCUT2D eigenvalue weighted by Gasteiger charge is 2.28. The molecule has 0 unspecified atom stereocenters. The summed E-state index contributed by atoms with van der Waals surface area (Å²) in [5, 5.41) is 23.1. The van der Waals surface area contributed by atoms with Crippen molar-refractivity contribution in [3.63, 3.8) is 0 Å². The topological polar surface area (TPSA) is 85.0 Å². The zero-order chi connectivity index (χ0) is 12.4. The predicted octanol–water partition coefficient (Wildman–Crippen LogP) is -1.50. The molecule has 2 fully saturated rings. The molecule has 2 saturated heterocycles. The van der Waals surface area contributed by atoms with Crippen LogP contribution >= 0.6 is 0 Å². The van der Waals surface area contributed by atoms with Crippen LogP contribution in [-0.2, 0) is 0 Å². The Labute approximate surface area is 102 Å². The van der Waals surface area contributed by atoms with Crippen LogP contribution in [0, 0.1) is 5.92 Å². The second-order valence-electron chi connectivity index (χ2n) is 5.57. The Bertz CT molecular complexity index is 210. The summed E-state index contributed by atoms with van der Waals surface area (Å²) >= 11 is 0. The first-order valence-corrected chi connectivity index (χ1v) is 6.40. The van der Waals surface area contributed by atoms with Gasteiger partial charge in [-0.2, -0.15) is 0 Å². The van der Waals surface area contributed by atoms with Crippen LogP contribution in [0.3, 0.4) is 0 Å². The van der Waals surface area contributed by atoms with Gasteiger partial charge in [0.15, 0.2) is 0 Å². The number of hydrogen-bond donors (Lipinski definition) is 4. The normalized spacial score (nSPS) is 41.6. The third-order valence-corrected chi connectivity index (χ3v) is 3.46. The summed E-state index contributed by atoms with van der Waals surface area (Å²) in [4.78, 5) is 0. The van der Waals surface area contributed by atoms with Gasteiger partial charge in [0.2, 0.25) is 0 Å². The molecule has 5 N–H and O–H groups in total. The standard InChI is InChI=1S/C11H24N4O2/c1-8-2-10(16)7-15(4-8)13-9-3-11(17)6-14(12)5-9/h8-11,13,16-17H,2-7,12H2,1H3/t8-,9-,10+,11-/m1/s1. The van der Waals surface area contributed by atoms with E-state index in [1.807, 2.05) is 0 Å². The SMILES string of the molecule is C[C@@H]1C[C@H](O)CN(N[C@@H]2C[C@@H](O)CN(N)C2)C1. The molecule has 17 heavy (non-hydrogen) atoms. The van der Waals surface area contributed by atoms with Crippen molar-refractivity contribution in [2.75, 3.05) is 26.2 Å². The monoisotopic (exact) mass is 244 g/mol. The highest BCUT2D eigenvalue weighted by molar-refractivity contribution is 4.82. The molecule has 0 amide bonds. The zero-order valence-corrected chi connectivity index (χ0v) is 10.4. The van der Waals surface area contributed by atoms with Crippen molar-refractivity contribution >= 4 is 0 Å². The molecule has 6 nitrogen and oxygen atoms in total. The number of β-amino-alcohol motifs (C(OH)–C–C–N with tert-alkyl or cyclic N) is 2. The Morgan fingerprint density at radius 3 is 2.41 bits per heavy atom. The first-order valence-electron chi connectivity index (χ1n) is 6.40. The second-order valence-corrected chi connectivity index (χ2v) is 5.57. The minimum atomic E-state index is -0.363. The summed E-state index contributed by atoms with van der Waals surface area (Å²) in [5.41, 5.74) is 3.37. The van der Waals surface area contributed by atoms with Crippen LogP contribution in [0.15, 0.2) is 0 Å². The van der Waals surface area contributed by atoms with Crippen molar-refractivity contribution in [2.24, 2.45) is 11.8 Å². The molecule has 0 spiro atoms. The third kappa shape index (κ3) is 3.87. The fraction of sp³-hybridized carbons (Fsp3) is 1.00. The second kappa shape index (κ2) is 5.60. The number of aliphatic hydroxyl groups excluding tert-OH is 2. The largest absolute Gasteiger partial charge is 0.392 e. The van der Waals surface area contributed by atoms with E-state index >= 15 is 0 Å². The van der Waals surface area contributed by atoms with Crippen molar-refractivity contribution < 1.29 is 10.2 Å². The van der Waals surface area contributed by atoms with E-state index in [4.69, 9.17) is 5.84 Å². The van der Waals surface area contributed by atoms with Crippen molar-refractivity contribution in [1.82, 2.24) is 15.4 Å². The van der Waals surface area contributed by atoms with Gasteiger partial charge in [-0.3, -0.25) is 11.3 Å². The molecule has 0 radical (unpaired) electrons. The molecule has 6 heteroatoms. The van der Waals surface area contributed by atoms with E-state index < -0.39 is 0 Å². The number of rotatable bonds is 2.